The quantitative estimate of drug-likeness (QED) is 0.424. The Kier molecular flexibility index (Phi) is 6.61. The Bertz CT molecular complexity index is 1670. The number of nitrogens with zero attached hydrogens (tertiary/aromatic N) is 6. The predicted molar refractivity (Wildman–Crippen MR) is 147 cm³/mol. The minimum atomic E-state index is -0.395. The highest BCUT2D eigenvalue weighted by atomic mass is 16.2. The number of pyridine rings is 1. The molecule has 9 heteroatoms. The van der Waals surface area contributed by atoms with Crippen LogP contribution in [0.4, 0.5) is 5.95 Å². The molecule has 0 amide bonds. The molecule has 4 aromatic rings. The molecule has 5 rings (SSSR count). The van der Waals surface area contributed by atoms with Gasteiger partial charge < -0.3 is 10.6 Å². The van der Waals surface area contributed by atoms with Gasteiger partial charge in [-0.15, -0.1) is 5.92 Å². The van der Waals surface area contributed by atoms with Gasteiger partial charge in [-0.2, -0.15) is 4.98 Å². The monoisotopic (exact) mass is 499 g/mol. The smallest absolute Gasteiger partial charge is 0.333 e. The van der Waals surface area contributed by atoms with Crippen LogP contribution in [0.5, 0.6) is 0 Å². The molecule has 4 heterocycles. The predicted octanol–water partition coefficient (Wildman–Crippen LogP) is 2.80. The molecule has 192 valence electrons. The van der Waals surface area contributed by atoms with Crippen molar-refractivity contribution in [3.05, 3.63) is 62.6 Å². The molecular weight excluding hydrogens is 466 g/mol. The number of hydrogen-bond acceptors (Lipinski definition) is 6. The largest absolute Gasteiger partial charge is 0.341 e. The van der Waals surface area contributed by atoms with E-state index in [1.165, 1.54) is 4.57 Å². The summed E-state index contributed by atoms with van der Waals surface area (Å²) in [5, 5.41) is 1.94. The lowest BCUT2D eigenvalue weighted by molar-refractivity contribution is 0.496. The highest BCUT2D eigenvalue weighted by Gasteiger charge is 2.27. The molecule has 1 aromatic carbocycles. The third kappa shape index (κ3) is 4.42. The summed E-state index contributed by atoms with van der Waals surface area (Å²) < 4.78 is 4.75. The topological polar surface area (TPSA) is 104 Å². The van der Waals surface area contributed by atoms with E-state index in [0.717, 1.165) is 35.9 Å². The molecule has 1 saturated heterocycles. The Labute approximate surface area is 215 Å². The first kappa shape index (κ1) is 24.8. The molecule has 9 nitrogen and oxygen atoms in total. The Morgan fingerprint density at radius 1 is 1.16 bits per heavy atom. The number of rotatable bonds is 5. The van der Waals surface area contributed by atoms with E-state index in [4.69, 9.17) is 15.7 Å². The zero-order chi connectivity index (χ0) is 26.3. The minimum absolute atomic E-state index is 0.0314. The Balaban J connectivity index is 1.78. The fraction of sp³-hybridized carbons (Fsp3) is 0.429. The summed E-state index contributed by atoms with van der Waals surface area (Å²) in [4.78, 5) is 39.6. The van der Waals surface area contributed by atoms with Crippen molar-refractivity contribution in [1.82, 2.24) is 23.7 Å². The number of anilines is 1. The van der Waals surface area contributed by atoms with Crippen LogP contribution in [0.2, 0.25) is 0 Å². The zero-order valence-electron chi connectivity index (χ0n) is 21.9. The van der Waals surface area contributed by atoms with Gasteiger partial charge >= 0.3 is 5.69 Å². The second-order valence-corrected chi connectivity index (χ2v) is 10.0. The van der Waals surface area contributed by atoms with Crippen molar-refractivity contribution < 1.29 is 0 Å². The number of fused-ring (bicyclic) bond motifs is 2. The van der Waals surface area contributed by atoms with Crippen molar-refractivity contribution in [2.75, 3.05) is 18.0 Å². The van der Waals surface area contributed by atoms with Crippen molar-refractivity contribution in [2.24, 2.45) is 5.73 Å². The van der Waals surface area contributed by atoms with Crippen LogP contribution in [0.25, 0.3) is 21.9 Å². The molecule has 37 heavy (non-hydrogen) atoms. The van der Waals surface area contributed by atoms with Crippen LogP contribution >= 0.6 is 0 Å². The lowest BCUT2D eigenvalue weighted by Crippen LogP contribution is -2.44. The highest BCUT2D eigenvalue weighted by Crippen LogP contribution is 2.25. The molecular formula is C28H33N7O2. The number of benzene rings is 1. The van der Waals surface area contributed by atoms with E-state index >= 15 is 0 Å². The Morgan fingerprint density at radius 2 is 1.95 bits per heavy atom. The van der Waals surface area contributed by atoms with Gasteiger partial charge in [0.05, 0.1) is 18.8 Å². The van der Waals surface area contributed by atoms with Gasteiger partial charge in [0, 0.05) is 36.3 Å². The van der Waals surface area contributed by atoms with E-state index in [-0.39, 0.29) is 24.2 Å². The van der Waals surface area contributed by atoms with Gasteiger partial charge in [0.1, 0.15) is 0 Å². The lowest BCUT2D eigenvalue weighted by atomic mass is 10.1. The minimum Gasteiger partial charge on any atom is -0.341 e. The molecule has 1 fully saturated rings. The van der Waals surface area contributed by atoms with Gasteiger partial charge in [-0.25, -0.2) is 4.79 Å². The zero-order valence-corrected chi connectivity index (χ0v) is 21.9. The maximum absolute atomic E-state index is 14.1. The van der Waals surface area contributed by atoms with Crippen molar-refractivity contribution in [3.8, 4) is 11.8 Å². The van der Waals surface area contributed by atoms with Crippen molar-refractivity contribution in [2.45, 2.75) is 65.7 Å². The maximum atomic E-state index is 14.1. The van der Waals surface area contributed by atoms with E-state index in [0.29, 0.717) is 35.9 Å². The summed E-state index contributed by atoms with van der Waals surface area (Å²) in [7, 11) is 0. The van der Waals surface area contributed by atoms with E-state index in [1.807, 2.05) is 55.7 Å². The molecule has 1 aliphatic rings. The molecule has 1 atom stereocenters. The van der Waals surface area contributed by atoms with Gasteiger partial charge in [0.2, 0.25) is 5.95 Å². The first-order valence-corrected chi connectivity index (χ1v) is 12.8. The van der Waals surface area contributed by atoms with Gasteiger partial charge in [-0.1, -0.05) is 30.2 Å². The van der Waals surface area contributed by atoms with Crippen molar-refractivity contribution in [3.63, 3.8) is 0 Å². The van der Waals surface area contributed by atoms with Crippen LogP contribution in [-0.2, 0) is 13.1 Å². The van der Waals surface area contributed by atoms with Crippen molar-refractivity contribution >= 4 is 27.9 Å². The van der Waals surface area contributed by atoms with Crippen LogP contribution in [0, 0.1) is 18.8 Å². The number of nitrogens with two attached hydrogens (primary N) is 1. The average Bonchev–Trinajstić information content (AvgIpc) is 3.24. The Morgan fingerprint density at radius 3 is 2.68 bits per heavy atom. The van der Waals surface area contributed by atoms with Gasteiger partial charge in [-0.3, -0.25) is 23.5 Å². The van der Waals surface area contributed by atoms with E-state index in [9.17, 15) is 9.59 Å². The molecule has 0 saturated carbocycles. The third-order valence-electron chi connectivity index (χ3n) is 6.97. The van der Waals surface area contributed by atoms with Crippen LogP contribution in [0.15, 0.2) is 39.9 Å². The second-order valence-electron chi connectivity index (χ2n) is 10.0. The summed E-state index contributed by atoms with van der Waals surface area (Å²) in [6.07, 6.45) is 1.89. The molecule has 2 N–H and O–H groups in total. The summed E-state index contributed by atoms with van der Waals surface area (Å²) in [6, 6.07) is 9.72. The Hall–Kier alpha value is -3.90. The van der Waals surface area contributed by atoms with Crippen LogP contribution in [-0.4, -0.2) is 42.8 Å². The average molecular weight is 500 g/mol. The summed E-state index contributed by atoms with van der Waals surface area (Å²) >= 11 is 0. The number of hydrogen-bond donors (Lipinski definition) is 1. The number of imidazole rings is 1. The van der Waals surface area contributed by atoms with Crippen LogP contribution < -0.4 is 21.9 Å². The second kappa shape index (κ2) is 9.87. The third-order valence-corrected chi connectivity index (χ3v) is 6.97. The lowest BCUT2D eigenvalue weighted by Gasteiger charge is -2.31. The molecule has 1 aliphatic heterocycles. The maximum Gasteiger partial charge on any atom is 0.333 e. The fourth-order valence-electron chi connectivity index (χ4n) is 5.28. The van der Waals surface area contributed by atoms with Gasteiger partial charge in [0.15, 0.2) is 11.2 Å². The molecule has 0 unspecified atom stereocenters. The molecule has 3 aromatic heterocycles. The molecule has 0 spiro atoms. The molecule has 0 bridgehead atoms. The fourth-order valence-corrected chi connectivity index (χ4v) is 5.28. The van der Waals surface area contributed by atoms with Crippen LogP contribution in [0.3, 0.4) is 0 Å². The first-order valence-electron chi connectivity index (χ1n) is 12.8. The normalized spacial score (nSPS) is 15.9. The number of aryl methyl sites for hydroxylation is 1. The number of piperidine rings is 1. The van der Waals surface area contributed by atoms with Gasteiger partial charge in [0.25, 0.3) is 5.56 Å². The van der Waals surface area contributed by atoms with Crippen LogP contribution in [0.1, 0.15) is 51.0 Å². The standard InChI is InChI=1S/C28H33N7O2/c1-5-6-14-33-24-25(31-27(33)32-13-9-11-21(29)16-32)35(18(2)3)28(37)34(26(24)36)17-23-22-12-8-7-10-20(22)15-19(4)30-23/h7-8,10,12,15,18,21H,9,11,13-14,16-17,29H2,1-4H3/t21-/m1/s1. The SMILES string of the molecule is CC#CCn1c(N2CCC[C@@H](N)C2)nc2c1c(=O)n(Cc1nc(C)cc3ccccc13)c(=O)n2C(C)C. The number of aromatic nitrogens is 5. The molecule has 0 radical (unpaired) electrons. The van der Waals surface area contributed by atoms with E-state index in [1.54, 1.807) is 11.5 Å². The highest BCUT2D eigenvalue weighted by molar-refractivity contribution is 5.85. The summed E-state index contributed by atoms with van der Waals surface area (Å²) in [5.41, 5.74) is 7.77. The molecule has 0 aliphatic carbocycles. The van der Waals surface area contributed by atoms with E-state index < -0.39 is 5.69 Å². The van der Waals surface area contributed by atoms with Crippen molar-refractivity contribution in [1.29, 1.82) is 0 Å². The first-order chi connectivity index (χ1) is 17.8. The summed E-state index contributed by atoms with van der Waals surface area (Å²) in [5.74, 6) is 6.66. The van der Waals surface area contributed by atoms with E-state index in [2.05, 4.69) is 16.7 Å². The summed E-state index contributed by atoms with van der Waals surface area (Å²) in [6.45, 7) is 9.34. The van der Waals surface area contributed by atoms with Gasteiger partial charge in [-0.05, 0) is 52.0 Å².